The summed E-state index contributed by atoms with van der Waals surface area (Å²) in [6.45, 7) is 5.93. The van der Waals surface area contributed by atoms with Gasteiger partial charge < -0.3 is 19.5 Å². The fourth-order valence-electron chi connectivity index (χ4n) is 5.32. The predicted octanol–water partition coefficient (Wildman–Crippen LogP) is 4.71. The number of carboxylic acid groups (broad SMARTS) is 1. The van der Waals surface area contributed by atoms with E-state index in [1.54, 1.807) is 33.7 Å². The second-order valence-electron chi connectivity index (χ2n) is 10.5. The molecular weight excluding hydrogens is 595 g/mol. The highest BCUT2D eigenvalue weighted by Gasteiger charge is 2.29. The van der Waals surface area contributed by atoms with Crippen LogP contribution in [0.3, 0.4) is 0 Å². The standard InChI is InChI=1S/C30H28ClFN6O4S/c1-2-9-37-28(18-3-5-19(31)6-4-18)33-34-30(37)43-17-26(39)36-12-10-35(11-13-36)25-15-24-21(14-23(25)32)27(40)22(29(41)42)16-38(24)20-7-8-20/h2-6,14-16,20H,1,7-13,17H2,(H,41,42). The minimum Gasteiger partial charge on any atom is -0.477 e. The van der Waals surface area contributed by atoms with E-state index < -0.39 is 17.2 Å². The Morgan fingerprint density at radius 1 is 1.12 bits per heavy atom. The first-order valence-corrected chi connectivity index (χ1v) is 15.2. The molecule has 1 aliphatic heterocycles. The van der Waals surface area contributed by atoms with Gasteiger partial charge in [0.2, 0.25) is 11.3 Å². The van der Waals surface area contributed by atoms with E-state index in [1.807, 2.05) is 21.6 Å². The van der Waals surface area contributed by atoms with Crippen LogP contribution < -0.4 is 10.3 Å². The first-order valence-electron chi connectivity index (χ1n) is 13.8. The van der Waals surface area contributed by atoms with E-state index in [9.17, 15) is 19.5 Å². The van der Waals surface area contributed by atoms with E-state index in [-0.39, 0.29) is 28.7 Å². The molecule has 4 aromatic rings. The number of nitrogens with zero attached hydrogens (tertiary/aromatic N) is 6. The Labute approximate surface area is 255 Å². The number of carbonyl (C=O) groups is 2. The van der Waals surface area contributed by atoms with E-state index in [1.165, 1.54) is 18.0 Å². The van der Waals surface area contributed by atoms with Crippen LogP contribution in [0.5, 0.6) is 0 Å². The molecule has 0 radical (unpaired) electrons. The zero-order valence-corrected chi connectivity index (χ0v) is 24.7. The van der Waals surface area contributed by atoms with Gasteiger partial charge in [-0.25, -0.2) is 9.18 Å². The summed E-state index contributed by atoms with van der Waals surface area (Å²) in [6, 6.07) is 10.2. The van der Waals surface area contributed by atoms with E-state index in [0.717, 1.165) is 24.5 Å². The largest absolute Gasteiger partial charge is 0.477 e. The molecular formula is C30H28ClFN6O4S. The fourth-order valence-corrected chi connectivity index (χ4v) is 6.30. The average molecular weight is 623 g/mol. The Balaban J connectivity index is 1.14. The van der Waals surface area contributed by atoms with Crippen LogP contribution in [0.4, 0.5) is 10.1 Å². The third kappa shape index (κ3) is 5.76. The molecule has 0 unspecified atom stereocenters. The number of hydrogen-bond acceptors (Lipinski definition) is 7. The molecule has 2 aromatic carbocycles. The van der Waals surface area contributed by atoms with Gasteiger partial charge in [-0.1, -0.05) is 29.4 Å². The Morgan fingerprint density at radius 3 is 2.49 bits per heavy atom. The van der Waals surface area contributed by atoms with E-state index in [0.29, 0.717) is 59.9 Å². The number of aromatic carboxylic acids is 1. The van der Waals surface area contributed by atoms with E-state index in [4.69, 9.17) is 11.6 Å². The number of halogens is 2. The Hall–Kier alpha value is -4.16. The van der Waals surface area contributed by atoms with Gasteiger partial charge in [0.15, 0.2) is 11.0 Å². The van der Waals surface area contributed by atoms with Crippen molar-refractivity contribution in [1.82, 2.24) is 24.2 Å². The van der Waals surface area contributed by atoms with E-state index >= 15 is 4.39 Å². The summed E-state index contributed by atoms with van der Waals surface area (Å²) in [7, 11) is 0. The molecule has 1 saturated carbocycles. The highest BCUT2D eigenvalue weighted by atomic mass is 35.5. The third-order valence-electron chi connectivity index (χ3n) is 7.70. The molecule has 222 valence electrons. The SMILES string of the molecule is C=CCn1c(SCC(=O)N2CCN(c3cc4c(cc3F)c(=O)c(C(=O)O)cn4C3CC3)CC2)nnc1-c1ccc(Cl)cc1. The zero-order chi connectivity index (χ0) is 30.2. The summed E-state index contributed by atoms with van der Waals surface area (Å²) in [5.41, 5.74) is 0.649. The smallest absolute Gasteiger partial charge is 0.341 e. The number of fused-ring (bicyclic) bond motifs is 1. The number of piperazine rings is 1. The molecule has 2 aromatic heterocycles. The van der Waals surface area contributed by atoms with Gasteiger partial charge in [-0.15, -0.1) is 16.8 Å². The number of carboxylic acids is 1. The van der Waals surface area contributed by atoms with Crippen molar-refractivity contribution in [3.8, 4) is 11.4 Å². The van der Waals surface area contributed by atoms with Crippen LogP contribution in [0.25, 0.3) is 22.3 Å². The van der Waals surface area contributed by atoms with Gasteiger partial charge in [-0.05, 0) is 49.2 Å². The second kappa shape index (κ2) is 11.8. The van der Waals surface area contributed by atoms with Gasteiger partial charge in [0.1, 0.15) is 11.4 Å². The number of pyridine rings is 1. The van der Waals surface area contributed by atoms with Crippen molar-refractivity contribution in [2.24, 2.45) is 0 Å². The molecule has 3 heterocycles. The summed E-state index contributed by atoms with van der Waals surface area (Å²) < 4.78 is 19.0. The van der Waals surface area contributed by atoms with Crippen LogP contribution in [0.15, 0.2) is 65.2 Å². The predicted molar refractivity (Wildman–Crippen MR) is 164 cm³/mol. The maximum atomic E-state index is 15.3. The number of allylic oxidation sites excluding steroid dienone is 1. The number of benzene rings is 2. The quantitative estimate of drug-likeness (QED) is 0.211. The van der Waals surface area contributed by atoms with Crippen LogP contribution in [0.2, 0.25) is 5.02 Å². The van der Waals surface area contributed by atoms with Crippen molar-refractivity contribution >= 4 is 51.8 Å². The first kappa shape index (κ1) is 28.9. The lowest BCUT2D eigenvalue weighted by molar-refractivity contribution is -0.128. The molecule has 0 spiro atoms. The Kier molecular flexibility index (Phi) is 7.97. The lowest BCUT2D eigenvalue weighted by atomic mass is 10.1. The molecule has 1 amide bonds. The lowest BCUT2D eigenvalue weighted by Gasteiger charge is -2.36. The number of hydrogen-bond donors (Lipinski definition) is 1. The molecule has 1 saturated heterocycles. The number of aromatic nitrogens is 4. The molecule has 2 aliphatic rings. The summed E-state index contributed by atoms with van der Waals surface area (Å²) in [5.74, 6) is -1.16. The second-order valence-corrected chi connectivity index (χ2v) is 11.9. The molecule has 0 atom stereocenters. The van der Waals surface area contributed by atoms with Gasteiger partial charge in [-0.2, -0.15) is 0 Å². The Bertz CT molecular complexity index is 1800. The van der Waals surface area contributed by atoms with Crippen molar-refractivity contribution in [1.29, 1.82) is 0 Å². The highest BCUT2D eigenvalue weighted by Crippen LogP contribution is 2.38. The van der Waals surface area contributed by atoms with Crippen molar-refractivity contribution in [3.05, 3.63) is 81.9 Å². The van der Waals surface area contributed by atoms with Crippen molar-refractivity contribution < 1.29 is 19.1 Å². The van der Waals surface area contributed by atoms with Gasteiger partial charge in [0.25, 0.3) is 0 Å². The minimum atomic E-state index is -1.33. The van der Waals surface area contributed by atoms with Crippen molar-refractivity contribution in [3.63, 3.8) is 0 Å². The number of thioether (sulfide) groups is 1. The van der Waals surface area contributed by atoms with Crippen molar-refractivity contribution in [2.75, 3.05) is 36.8 Å². The summed E-state index contributed by atoms with van der Waals surface area (Å²) >= 11 is 7.32. The van der Waals surface area contributed by atoms with Gasteiger partial charge in [-0.3, -0.25) is 14.2 Å². The number of carbonyl (C=O) groups excluding carboxylic acids is 1. The molecule has 1 N–H and O–H groups in total. The van der Waals surface area contributed by atoms with Crippen LogP contribution in [-0.4, -0.2) is 73.1 Å². The zero-order valence-electron chi connectivity index (χ0n) is 23.1. The number of anilines is 1. The maximum absolute atomic E-state index is 15.3. The summed E-state index contributed by atoms with van der Waals surface area (Å²) in [4.78, 5) is 41.1. The molecule has 0 bridgehead atoms. The first-order chi connectivity index (χ1) is 20.7. The molecule has 43 heavy (non-hydrogen) atoms. The van der Waals surface area contributed by atoms with Crippen LogP contribution in [0, 0.1) is 5.82 Å². The third-order valence-corrected chi connectivity index (χ3v) is 8.90. The lowest BCUT2D eigenvalue weighted by Crippen LogP contribution is -2.49. The number of rotatable bonds is 9. The van der Waals surface area contributed by atoms with Gasteiger partial charge in [0.05, 0.1) is 17.0 Å². The summed E-state index contributed by atoms with van der Waals surface area (Å²) in [6.07, 6.45) is 4.85. The molecule has 10 nitrogen and oxygen atoms in total. The highest BCUT2D eigenvalue weighted by molar-refractivity contribution is 7.99. The van der Waals surface area contributed by atoms with Gasteiger partial charge in [0, 0.05) is 60.9 Å². The summed E-state index contributed by atoms with van der Waals surface area (Å²) in [5, 5.41) is 19.4. The minimum absolute atomic E-state index is 0.0578. The van der Waals surface area contributed by atoms with Crippen LogP contribution in [0.1, 0.15) is 29.2 Å². The molecule has 1 aliphatic carbocycles. The Morgan fingerprint density at radius 2 is 1.84 bits per heavy atom. The average Bonchev–Trinajstić information content (AvgIpc) is 3.77. The fraction of sp³-hybridized carbons (Fsp3) is 0.300. The van der Waals surface area contributed by atoms with E-state index in [2.05, 4.69) is 16.8 Å². The number of amides is 1. The monoisotopic (exact) mass is 622 g/mol. The molecule has 6 rings (SSSR count). The molecule has 2 fully saturated rings. The van der Waals surface area contributed by atoms with Crippen LogP contribution >= 0.6 is 23.4 Å². The van der Waals surface area contributed by atoms with Gasteiger partial charge >= 0.3 is 5.97 Å². The maximum Gasteiger partial charge on any atom is 0.341 e. The topological polar surface area (TPSA) is 114 Å². The van der Waals surface area contributed by atoms with Crippen molar-refractivity contribution in [2.45, 2.75) is 30.6 Å². The van der Waals surface area contributed by atoms with Crippen LogP contribution in [-0.2, 0) is 11.3 Å². The normalized spacial score (nSPS) is 15.2. The molecule has 13 heteroatoms.